The van der Waals surface area contributed by atoms with Crippen molar-refractivity contribution in [2.75, 3.05) is 19.8 Å². The Morgan fingerprint density at radius 3 is 1.88 bits per heavy atom. The summed E-state index contributed by atoms with van der Waals surface area (Å²) in [5, 5.41) is 0. The van der Waals surface area contributed by atoms with E-state index < -0.39 is 23.8 Å². The fraction of sp³-hybridized carbons (Fsp3) is 0.550. The molecule has 0 aliphatic heterocycles. The van der Waals surface area contributed by atoms with Gasteiger partial charge in [-0.3, -0.25) is 14.4 Å². The lowest BCUT2D eigenvalue weighted by molar-refractivity contribution is -0.163. The van der Waals surface area contributed by atoms with Crippen molar-refractivity contribution in [1.29, 1.82) is 0 Å². The van der Waals surface area contributed by atoms with Gasteiger partial charge in [-0.15, -0.1) is 0 Å². The van der Waals surface area contributed by atoms with Crippen molar-refractivity contribution in [3.8, 4) is 0 Å². The topological polar surface area (TPSA) is 78.9 Å². The number of carbonyl (C=O) groups excluding carboxylic acids is 3. The summed E-state index contributed by atoms with van der Waals surface area (Å²) < 4.78 is 15.2. The first-order chi connectivity index (χ1) is 12.5. The molecule has 0 saturated carbocycles. The van der Waals surface area contributed by atoms with Crippen LogP contribution in [0.2, 0.25) is 0 Å². The van der Waals surface area contributed by atoms with Gasteiger partial charge in [-0.05, 0) is 39.2 Å². The van der Waals surface area contributed by atoms with Crippen LogP contribution in [0.5, 0.6) is 0 Å². The predicted octanol–water partition coefficient (Wildman–Crippen LogP) is 3.25. The van der Waals surface area contributed by atoms with Gasteiger partial charge >= 0.3 is 17.9 Å². The lowest BCUT2D eigenvalue weighted by Gasteiger charge is -2.24. The first-order valence-corrected chi connectivity index (χ1v) is 9.08. The maximum Gasteiger partial charge on any atom is 0.320 e. The second-order valence-corrected chi connectivity index (χ2v) is 5.70. The number of benzene rings is 1. The fourth-order valence-electron chi connectivity index (χ4n) is 2.81. The molecule has 0 fully saturated rings. The molecule has 1 aromatic rings. The minimum absolute atomic E-state index is 0.180. The molecule has 26 heavy (non-hydrogen) atoms. The number of hydrogen-bond acceptors (Lipinski definition) is 6. The van der Waals surface area contributed by atoms with Crippen molar-refractivity contribution in [2.24, 2.45) is 5.92 Å². The minimum atomic E-state index is -1.06. The largest absolute Gasteiger partial charge is 0.466 e. The molecular formula is C20H28O6. The lowest BCUT2D eigenvalue weighted by Crippen LogP contribution is -2.33. The van der Waals surface area contributed by atoms with Crippen molar-refractivity contribution in [2.45, 2.75) is 46.0 Å². The van der Waals surface area contributed by atoms with Crippen LogP contribution < -0.4 is 0 Å². The highest BCUT2D eigenvalue weighted by molar-refractivity contribution is 5.96. The van der Waals surface area contributed by atoms with E-state index in [0.717, 1.165) is 5.56 Å². The fourth-order valence-corrected chi connectivity index (χ4v) is 2.81. The Labute approximate surface area is 154 Å². The van der Waals surface area contributed by atoms with Crippen molar-refractivity contribution in [3.05, 3.63) is 35.9 Å². The molecule has 0 aliphatic rings. The van der Waals surface area contributed by atoms with Crippen molar-refractivity contribution < 1.29 is 28.6 Å². The zero-order valence-corrected chi connectivity index (χ0v) is 15.7. The third-order valence-electron chi connectivity index (χ3n) is 3.91. The Morgan fingerprint density at radius 1 is 0.846 bits per heavy atom. The van der Waals surface area contributed by atoms with E-state index in [0.29, 0.717) is 19.4 Å². The van der Waals surface area contributed by atoms with Gasteiger partial charge in [-0.2, -0.15) is 0 Å². The van der Waals surface area contributed by atoms with E-state index in [4.69, 9.17) is 14.2 Å². The van der Waals surface area contributed by atoms with Gasteiger partial charge in [0.15, 0.2) is 5.92 Å². The molecule has 6 nitrogen and oxygen atoms in total. The summed E-state index contributed by atoms with van der Waals surface area (Å²) >= 11 is 0. The van der Waals surface area contributed by atoms with E-state index in [1.807, 2.05) is 30.3 Å². The smallest absolute Gasteiger partial charge is 0.320 e. The summed E-state index contributed by atoms with van der Waals surface area (Å²) in [5.74, 6) is -2.97. The summed E-state index contributed by atoms with van der Waals surface area (Å²) in [6.45, 7) is 5.83. The summed E-state index contributed by atoms with van der Waals surface area (Å²) in [5.41, 5.74) is 0.836. The number of rotatable bonds is 11. The van der Waals surface area contributed by atoms with E-state index in [2.05, 4.69) is 0 Å². The van der Waals surface area contributed by atoms with Gasteiger partial charge in [0.1, 0.15) is 0 Å². The molecule has 144 valence electrons. The van der Waals surface area contributed by atoms with Crippen molar-refractivity contribution >= 4 is 17.9 Å². The average molecular weight is 364 g/mol. The second kappa shape index (κ2) is 12.1. The molecule has 6 heteroatoms. The number of hydrogen-bond donors (Lipinski definition) is 0. The Bertz CT molecular complexity index is 551. The number of esters is 3. The molecular weight excluding hydrogens is 336 g/mol. The molecule has 0 aliphatic carbocycles. The van der Waals surface area contributed by atoms with Crippen LogP contribution in [0.4, 0.5) is 0 Å². The van der Waals surface area contributed by atoms with Crippen molar-refractivity contribution in [3.63, 3.8) is 0 Å². The zero-order valence-electron chi connectivity index (χ0n) is 15.7. The Morgan fingerprint density at radius 2 is 1.38 bits per heavy atom. The SMILES string of the molecule is CCOC(=O)CCCC(c1ccccc1)C(C(=O)OCC)C(=O)OCC. The van der Waals surface area contributed by atoms with Gasteiger partial charge in [-0.1, -0.05) is 30.3 Å². The standard InChI is InChI=1S/C20H28O6/c1-4-24-17(21)14-10-13-16(15-11-8-7-9-12-15)18(19(22)25-5-2)20(23)26-6-3/h7-9,11-12,16,18H,4-6,10,13-14H2,1-3H3. The quantitative estimate of drug-likeness (QED) is 0.341. The Kier molecular flexibility index (Phi) is 10.1. The molecule has 1 rings (SSSR count). The molecule has 0 spiro atoms. The van der Waals surface area contributed by atoms with E-state index in [9.17, 15) is 14.4 Å². The van der Waals surface area contributed by atoms with Gasteiger partial charge in [0.25, 0.3) is 0 Å². The van der Waals surface area contributed by atoms with Crippen LogP contribution >= 0.6 is 0 Å². The third kappa shape index (κ3) is 6.86. The summed E-state index contributed by atoms with van der Waals surface area (Å²) in [7, 11) is 0. The van der Waals surface area contributed by atoms with E-state index >= 15 is 0 Å². The first kappa shape index (κ1) is 21.7. The maximum absolute atomic E-state index is 12.5. The Hall–Kier alpha value is -2.37. The predicted molar refractivity (Wildman–Crippen MR) is 96.4 cm³/mol. The second-order valence-electron chi connectivity index (χ2n) is 5.70. The lowest BCUT2D eigenvalue weighted by atomic mass is 9.82. The van der Waals surface area contributed by atoms with Gasteiger partial charge in [0.2, 0.25) is 0 Å². The summed E-state index contributed by atoms with van der Waals surface area (Å²) in [6.07, 6.45) is 1.19. The van der Waals surface area contributed by atoms with E-state index in [1.54, 1.807) is 20.8 Å². The Balaban J connectivity index is 3.03. The molecule has 0 radical (unpaired) electrons. The van der Waals surface area contributed by atoms with Crippen LogP contribution in [0.25, 0.3) is 0 Å². The normalized spacial score (nSPS) is 11.7. The van der Waals surface area contributed by atoms with Crippen LogP contribution in [0.3, 0.4) is 0 Å². The third-order valence-corrected chi connectivity index (χ3v) is 3.91. The zero-order chi connectivity index (χ0) is 19.4. The summed E-state index contributed by atoms with van der Waals surface area (Å²) in [6, 6.07) is 9.28. The number of ether oxygens (including phenoxy) is 3. The van der Waals surface area contributed by atoms with Crippen LogP contribution in [0.15, 0.2) is 30.3 Å². The van der Waals surface area contributed by atoms with E-state index in [1.165, 1.54) is 0 Å². The number of carbonyl (C=O) groups is 3. The molecule has 0 bridgehead atoms. The molecule has 1 atom stereocenters. The highest BCUT2D eigenvalue weighted by Crippen LogP contribution is 2.32. The van der Waals surface area contributed by atoms with E-state index in [-0.39, 0.29) is 25.6 Å². The summed E-state index contributed by atoms with van der Waals surface area (Å²) in [4.78, 5) is 36.5. The molecule has 0 amide bonds. The molecule has 0 N–H and O–H groups in total. The van der Waals surface area contributed by atoms with Crippen molar-refractivity contribution in [1.82, 2.24) is 0 Å². The molecule has 1 aromatic carbocycles. The van der Waals surface area contributed by atoms with Crippen LogP contribution in [-0.2, 0) is 28.6 Å². The first-order valence-electron chi connectivity index (χ1n) is 9.08. The molecule has 0 heterocycles. The van der Waals surface area contributed by atoms with Gasteiger partial charge < -0.3 is 14.2 Å². The minimum Gasteiger partial charge on any atom is -0.466 e. The molecule has 0 aromatic heterocycles. The van der Waals surface area contributed by atoms with Gasteiger partial charge in [-0.25, -0.2) is 0 Å². The van der Waals surface area contributed by atoms with Crippen LogP contribution in [-0.4, -0.2) is 37.7 Å². The van der Waals surface area contributed by atoms with Gasteiger partial charge in [0, 0.05) is 12.3 Å². The highest BCUT2D eigenvalue weighted by atomic mass is 16.6. The molecule has 0 saturated heterocycles. The van der Waals surface area contributed by atoms with Crippen LogP contribution in [0, 0.1) is 5.92 Å². The van der Waals surface area contributed by atoms with Crippen LogP contribution in [0.1, 0.15) is 51.5 Å². The maximum atomic E-state index is 12.5. The van der Waals surface area contributed by atoms with Gasteiger partial charge in [0.05, 0.1) is 19.8 Å². The molecule has 1 unspecified atom stereocenters. The monoisotopic (exact) mass is 364 g/mol. The average Bonchev–Trinajstić information content (AvgIpc) is 2.62. The highest BCUT2D eigenvalue weighted by Gasteiger charge is 2.38.